The number of nitrogens with one attached hydrogen (secondary N) is 2. The molecule has 0 fully saturated rings. The largest absolute Gasteiger partial charge is 0.325 e. The summed E-state index contributed by atoms with van der Waals surface area (Å²) in [5, 5.41) is 5.03. The lowest BCUT2D eigenvalue weighted by molar-refractivity contribution is 0.262. The molecule has 2 N–H and O–H groups in total. The average Bonchev–Trinajstić information content (AvgIpc) is 2.69. The number of amides is 2. The predicted molar refractivity (Wildman–Crippen MR) is 65.9 cm³/mol. The van der Waals surface area contributed by atoms with Gasteiger partial charge >= 0.3 is 6.03 Å². The van der Waals surface area contributed by atoms with E-state index in [2.05, 4.69) is 15.6 Å². The number of carbonyl (C=O) groups excluding carboxylic acids is 1. The van der Waals surface area contributed by atoms with E-state index < -0.39 is 17.7 Å². The Balaban J connectivity index is 2.05. The van der Waals surface area contributed by atoms with Gasteiger partial charge in [-0.05, 0) is 19.1 Å². The quantitative estimate of drug-likeness (QED) is 0.878. The lowest BCUT2D eigenvalue weighted by Crippen LogP contribution is -2.20. The number of halogens is 2. The summed E-state index contributed by atoms with van der Waals surface area (Å²) in [4.78, 5) is 16.4. The SMILES string of the molecule is Cc1cnc(NC(=O)Nc2cc(F)ccc2F)s1. The average molecular weight is 269 g/mol. The zero-order valence-corrected chi connectivity index (χ0v) is 10.1. The van der Waals surface area contributed by atoms with E-state index in [4.69, 9.17) is 0 Å². The summed E-state index contributed by atoms with van der Waals surface area (Å²) >= 11 is 1.28. The molecule has 0 aliphatic rings. The van der Waals surface area contributed by atoms with Crippen LogP contribution in [0.25, 0.3) is 0 Å². The zero-order valence-electron chi connectivity index (χ0n) is 9.33. The molecular formula is C11H9F2N3OS. The van der Waals surface area contributed by atoms with E-state index in [0.29, 0.717) is 5.13 Å². The van der Waals surface area contributed by atoms with Gasteiger partial charge in [-0.15, -0.1) is 11.3 Å². The van der Waals surface area contributed by atoms with Gasteiger partial charge in [-0.1, -0.05) is 0 Å². The highest BCUT2D eigenvalue weighted by atomic mass is 32.1. The Labute approximate surface area is 106 Å². The van der Waals surface area contributed by atoms with Crippen LogP contribution in [0, 0.1) is 18.6 Å². The molecule has 94 valence electrons. The van der Waals surface area contributed by atoms with Crippen molar-refractivity contribution in [3.63, 3.8) is 0 Å². The normalized spacial score (nSPS) is 10.2. The fourth-order valence-electron chi connectivity index (χ4n) is 1.26. The molecule has 0 atom stereocenters. The van der Waals surface area contributed by atoms with Crippen molar-refractivity contribution in [1.29, 1.82) is 0 Å². The van der Waals surface area contributed by atoms with Gasteiger partial charge in [0.2, 0.25) is 0 Å². The van der Waals surface area contributed by atoms with E-state index in [1.54, 1.807) is 6.20 Å². The molecule has 4 nitrogen and oxygen atoms in total. The summed E-state index contributed by atoms with van der Waals surface area (Å²) in [7, 11) is 0. The van der Waals surface area contributed by atoms with Crippen LogP contribution >= 0.6 is 11.3 Å². The fraction of sp³-hybridized carbons (Fsp3) is 0.0909. The van der Waals surface area contributed by atoms with Crippen molar-refractivity contribution < 1.29 is 13.6 Å². The topological polar surface area (TPSA) is 54.0 Å². The maximum Gasteiger partial charge on any atom is 0.325 e. The Bertz CT molecular complexity index is 585. The van der Waals surface area contributed by atoms with E-state index >= 15 is 0 Å². The number of hydrogen-bond donors (Lipinski definition) is 2. The first-order valence-electron chi connectivity index (χ1n) is 5.00. The van der Waals surface area contributed by atoms with E-state index in [9.17, 15) is 13.6 Å². The van der Waals surface area contributed by atoms with Gasteiger partial charge in [0.25, 0.3) is 0 Å². The molecule has 0 bridgehead atoms. The molecule has 0 unspecified atom stereocenters. The van der Waals surface area contributed by atoms with Gasteiger partial charge in [0.15, 0.2) is 5.13 Å². The Morgan fingerprint density at radius 1 is 1.33 bits per heavy atom. The van der Waals surface area contributed by atoms with Crippen LogP contribution < -0.4 is 10.6 Å². The first kappa shape index (κ1) is 12.4. The molecule has 0 aliphatic carbocycles. The smallest absolute Gasteiger partial charge is 0.305 e. The molecule has 0 radical (unpaired) electrons. The van der Waals surface area contributed by atoms with Crippen molar-refractivity contribution in [2.24, 2.45) is 0 Å². The van der Waals surface area contributed by atoms with E-state index in [1.807, 2.05) is 6.92 Å². The molecular weight excluding hydrogens is 260 g/mol. The van der Waals surface area contributed by atoms with Gasteiger partial charge in [0.1, 0.15) is 11.6 Å². The van der Waals surface area contributed by atoms with Gasteiger partial charge in [-0.25, -0.2) is 18.6 Å². The minimum atomic E-state index is -0.707. The minimum absolute atomic E-state index is 0.222. The Morgan fingerprint density at radius 3 is 2.78 bits per heavy atom. The fourth-order valence-corrected chi connectivity index (χ4v) is 1.92. The summed E-state index contributed by atoms with van der Waals surface area (Å²) in [6.45, 7) is 1.84. The van der Waals surface area contributed by atoms with E-state index in [-0.39, 0.29) is 5.69 Å². The molecule has 1 heterocycles. The molecule has 0 saturated carbocycles. The number of rotatable bonds is 2. The van der Waals surface area contributed by atoms with Crippen LogP contribution in [0.2, 0.25) is 0 Å². The molecule has 2 rings (SSSR count). The van der Waals surface area contributed by atoms with Gasteiger partial charge in [0.05, 0.1) is 5.69 Å². The number of aryl methyl sites for hydroxylation is 1. The summed E-state index contributed by atoms with van der Waals surface area (Å²) < 4.78 is 26.1. The van der Waals surface area contributed by atoms with Crippen molar-refractivity contribution in [2.75, 3.05) is 10.6 Å². The van der Waals surface area contributed by atoms with Crippen LogP contribution in [0.3, 0.4) is 0 Å². The van der Waals surface area contributed by atoms with Gasteiger partial charge < -0.3 is 5.32 Å². The summed E-state index contributed by atoms with van der Waals surface area (Å²) in [5.41, 5.74) is -0.222. The Kier molecular flexibility index (Phi) is 3.52. The minimum Gasteiger partial charge on any atom is -0.305 e. The third-order valence-electron chi connectivity index (χ3n) is 2.02. The molecule has 2 aromatic rings. The number of benzene rings is 1. The maximum absolute atomic E-state index is 13.3. The first-order chi connectivity index (χ1) is 8.54. The lowest BCUT2D eigenvalue weighted by atomic mass is 10.3. The molecule has 1 aromatic heterocycles. The molecule has 2 amide bonds. The predicted octanol–water partition coefficient (Wildman–Crippen LogP) is 3.37. The number of urea groups is 1. The monoisotopic (exact) mass is 269 g/mol. The second kappa shape index (κ2) is 5.09. The van der Waals surface area contributed by atoms with Crippen LogP contribution in [0.4, 0.5) is 24.4 Å². The molecule has 7 heteroatoms. The Morgan fingerprint density at radius 2 is 2.11 bits per heavy atom. The maximum atomic E-state index is 13.3. The number of carbonyl (C=O) groups is 1. The number of hydrogen-bond acceptors (Lipinski definition) is 3. The van der Waals surface area contributed by atoms with Crippen LogP contribution in [-0.4, -0.2) is 11.0 Å². The summed E-state index contributed by atoms with van der Waals surface area (Å²) in [6.07, 6.45) is 1.60. The van der Waals surface area contributed by atoms with Crippen LogP contribution in [0.5, 0.6) is 0 Å². The molecule has 0 saturated heterocycles. The third kappa shape index (κ3) is 3.01. The van der Waals surface area contributed by atoms with Gasteiger partial charge in [0, 0.05) is 17.1 Å². The number of nitrogens with zero attached hydrogens (tertiary/aromatic N) is 1. The molecule has 0 spiro atoms. The van der Waals surface area contributed by atoms with E-state index in [1.165, 1.54) is 11.3 Å². The number of aromatic nitrogens is 1. The van der Waals surface area contributed by atoms with Gasteiger partial charge in [-0.2, -0.15) is 0 Å². The number of anilines is 2. The second-order valence-corrected chi connectivity index (χ2v) is 4.71. The van der Waals surface area contributed by atoms with Crippen molar-refractivity contribution in [3.05, 3.63) is 40.9 Å². The van der Waals surface area contributed by atoms with Crippen molar-refractivity contribution in [2.45, 2.75) is 6.92 Å². The second-order valence-electron chi connectivity index (χ2n) is 3.48. The summed E-state index contributed by atoms with van der Waals surface area (Å²) in [5.74, 6) is -1.33. The van der Waals surface area contributed by atoms with Crippen LogP contribution in [-0.2, 0) is 0 Å². The highest BCUT2D eigenvalue weighted by Gasteiger charge is 2.09. The highest BCUT2D eigenvalue weighted by Crippen LogP contribution is 2.18. The van der Waals surface area contributed by atoms with Crippen molar-refractivity contribution >= 4 is 28.2 Å². The highest BCUT2D eigenvalue weighted by molar-refractivity contribution is 7.15. The third-order valence-corrected chi connectivity index (χ3v) is 2.85. The van der Waals surface area contributed by atoms with Gasteiger partial charge in [-0.3, -0.25) is 5.32 Å². The van der Waals surface area contributed by atoms with Crippen molar-refractivity contribution in [3.8, 4) is 0 Å². The molecule has 0 aliphatic heterocycles. The first-order valence-corrected chi connectivity index (χ1v) is 5.82. The lowest BCUT2D eigenvalue weighted by Gasteiger charge is -2.06. The molecule has 1 aromatic carbocycles. The molecule has 18 heavy (non-hydrogen) atoms. The van der Waals surface area contributed by atoms with Crippen molar-refractivity contribution in [1.82, 2.24) is 4.98 Å². The standard InChI is InChI=1S/C11H9F2N3OS/c1-6-5-14-11(18-6)16-10(17)15-9-4-7(12)2-3-8(9)13/h2-5H,1H3,(H2,14,15,16,17). The van der Waals surface area contributed by atoms with E-state index in [0.717, 1.165) is 23.1 Å². The number of thiazole rings is 1. The Hall–Kier alpha value is -2.02. The van der Waals surface area contributed by atoms with Crippen LogP contribution in [0.15, 0.2) is 24.4 Å². The van der Waals surface area contributed by atoms with Crippen LogP contribution in [0.1, 0.15) is 4.88 Å². The zero-order chi connectivity index (χ0) is 13.1. The summed E-state index contributed by atoms with van der Waals surface area (Å²) in [6, 6.07) is 2.15.